The molecule has 12 aromatic rings. The van der Waals surface area contributed by atoms with Gasteiger partial charge in [0.1, 0.15) is 0 Å². The number of rotatable bonds is 6. The SMILES string of the molecule is [2H]c1c([2H])c([2H])c(-c2c([2H])c([2H])c3c4c([2H])c([2H])c([2H])c([2H])c4n(-c4nc(-c5cccc(-c6cccc(-c7cccc8c7-c7ccccc7C8(C)C)c6)c5)nc(-n5c6c([2H])c([2H])c([2H])c([2H])c6c6c([2H])c([2H])c([2H])c([2H])c65)n4)c3c2[2H])c([2H])c1[2H]. The zero-order valence-electron chi connectivity index (χ0n) is 54.4. The van der Waals surface area contributed by atoms with Crippen molar-refractivity contribution < 1.29 is 27.4 Å². The van der Waals surface area contributed by atoms with Gasteiger partial charge in [-0.1, -0.05) is 189 Å². The predicted octanol–water partition coefficient (Wildman–Crippen LogP) is 15.0. The molecule has 0 aliphatic heterocycles. The number of fused-ring (bicyclic) bond motifs is 9. The Kier molecular flexibility index (Phi) is 4.91. The molecular weight excluding hydrogens is 791 g/mol. The van der Waals surface area contributed by atoms with Crippen LogP contribution in [0.5, 0.6) is 0 Å². The van der Waals surface area contributed by atoms with Crippen LogP contribution < -0.4 is 0 Å². The lowest BCUT2D eigenvalue weighted by Gasteiger charge is -2.21. The number of para-hydroxylation sites is 3. The van der Waals surface area contributed by atoms with E-state index in [1.54, 1.807) is 18.2 Å². The van der Waals surface area contributed by atoms with E-state index in [-0.39, 0.29) is 44.0 Å². The maximum atomic E-state index is 9.97. The average molecular weight is 852 g/mol. The summed E-state index contributed by atoms with van der Waals surface area (Å²) in [5.41, 5.74) is 4.92. The first-order valence-corrected chi connectivity index (χ1v) is 20.6. The number of nitrogens with zero attached hydrogens (tertiary/aromatic N) is 5. The van der Waals surface area contributed by atoms with Gasteiger partial charge in [-0.3, -0.25) is 9.13 Å². The van der Waals surface area contributed by atoms with Crippen LogP contribution in [0.25, 0.3) is 111 Å². The molecule has 0 radical (unpaired) electrons. The Bertz CT molecular complexity index is 4960. The van der Waals surface area contributed by atoms with E-state index < -0.39 is 160 Å². The maximum Gasteiger partial charge on any atom is 0.240 e. The number of benzene rings is 9. The Morgan fingerprint density at radius 3 is 1.58 bits per heavy atom. The molecule has 5 nitrogen and oxygen atoms in total. The van der Waals surface area contributed by atoms with Crippen LogP contribution in [0.15, 0.2) is 212 Å². The molecule has 306 valence electrons. The summed E-state index contributed by atoms with van der Waals surface area (Å²) in [5, 5.41) is -1.44. The van der Waals surface area contributed by atoms with Crippen LogP contribution in [0.4, 0.5) is 0 Å². The Balaban J connectivity index is 1.15. The number of aromatic nitrogens is 5. The van der Waals surface area contributed by atoms with Crippen molar-refractivity contribution >= 4 is 43.6 Å². The van der Waals surface area contributed by atoms with Crippen molar-refractivity contribution in [2.24, 2.45) is 0 Å². The largest absolute Gasteiger partial charge is 0.278 e. The first kappa shape index (κ1) is 22.3. The second kappa shape index (κ2) is 14.3. The van der Waals surface area contributed by atoms with Crippen LogP contribution in [0.3, 0.4) is 0 Å². The van der Waals surface area contributed by atoms with E-state index in [1.807, 2.05) is 48.5 Å². The number of hydrogen-bond donors (Lipinski definition) is 0. The van der Waals surface area contributed by atoms with Crippen LogP contribution in [-0.2, 0) is 5.41 Å². The summed E-state index contributed by atoms with van der Waals surface area (Å²) >= 11 is 0. The van der Waals surface area contributed by atoms with Gasteiger partial charge >= 0.3 is 0 Å². The normalized spacial score (nSPS) is 17.2. The Hall–Kier alpha value is -8.41. The molecule has 0 bridgehead atoms. The van der Waals surface area contributed by atoms with Crippen molar-refractivity contribution in [3.05, 3.63) is 223 Å². The third kappa shape index (κ3) is 5.75. The highest BCUT2D eigenvalue weighted by Crippen LogP contribution is 2.52. The molecule has 0 unspecified atom stereocenters. The summed E-state index contributed by atoms with van der Waals surface area (Å²) in [6.07, 6.45) is 0. The zero-order chi connectivity index (χ0) is 60.6. The van der Waals surface area contributed by atoms with Crippen molar-refractivity contribution in [2.45, 2.75) is 19.3 Å². The van der Waals surface area contributed by atoms with Gasteiger partial charge in [-0.2, -0.15) is 15.0 Å². The zero-order valence-corrected chi connectivity index (χ0v) is 34.4. The Labute approximate surface area is 404 Å². The predicted molar refractivity (Wildman–Crippen MR) is 268 cm³/mol. The van der Waals surface area contributed by atoms with E-state index in [4.69, 9.17) is 32.8 Å². The molecule has 1 aliphatic rings. The molecule has 3 heterocycles. The highest BCUT2D eigenvalue weighted by molar-refractivity contribution is 6.11. The lowest BCUT2D eigenvalue weighted by molar-refractivity contribution is 0.660. The molecule has 0 atom stereocenters. The minimum atomic E-state index is -0.823. The standard InChI is InChI=1S/C60H41N5/c1-60(2)50-28-10-6-26-49(50)56-44(27-16-29-51(56)60)42-21-14-19-39(35-42)40-20-15-22-43(36-40)57-61-58(64-52-30-11-7-23-45(52)46-24-8-12-31-53(46)64)63-59(62-57)65-54-32-13-9-25-47(54)48-34-33-41(37-55(48)65)38-17-4-3-5-18-38/h3-37H,1-2H3/i3D,4D,5D,7D,8D,9D,11D,12D,13D,17D,18D,23D,24D,25D,30D,31D,32D,33D,34D,37D. The van der Waals surface area contributed by atoms with Gasteiger partial charge in [0.2, 0.25) is 11.9 Å². The van der Waals surface area contributed by atoms with Gasteiger partial charge in [0.05, 0.1) is 49.5 Å². The van der Waals surface area contributed by atoms with Gasteiger partial charge in [-0.25, -0.2) is 0 Å². The van der Waals surface area contributed by atoms with Crippen molar-refractivity contribution in [1.82, 2.24) is 24.1 Å². The third-order valence-electron chi connectivity index (χ3n) is 12.2. The fraction of sp³-hybridized carbons (Fsp3) is 0.0500. The molecular formula is C60H41N5. The molecule has 0 fully saturated rings. The first-order valence-electron chi connectivity index (χ1n) is 30.6. The lowest BCUT2D eigenvalue weighted by atomic mass is 9.82. The van der Waals surface area contributed by atoms with E-state index >= 15 is 0 Å². The fourth-order valence-corrected chi connectivity index (χ4v) is 9.21. The summed E-state index contributed by atoms with van der Waals surface area (Å²) in [6, 6.07) is 14.4. The molecule has 9 aromatic carbocycles. The molecule has 1 aliphatic carbocycles. The molecule has 0 saturated carbocycles. The van der Waals surface area contributed by atoms with E-state index in [9.17, 15) is 9.60 Å². The summed E-state index contributed by atoms with van der Waals surface area (Å²) in [7, 11) is 0. The topological polar surface area (TPSA) is 48.5 Å². The smallest absolute Gasteiger partial charge is 0.240 e. The van der Waals surface area contributed by atoms with Crippen LogP contribution in [0.1, 0.15) is 52.4 Å². The highest BCUT2D eigenvalue weighted by atomic mass is 15.3. The molecule has 0 amide bonds. The second-order valence-electron chi connectivity index (χ2n) is 16.1. The molecule has 0 N–H and O–H groups in total. The lowest BCUT2D eigenvalue weighted by Crippen LogP contribution is -2.14. The van der Waals surface area contributed by atoms with E-state index in [2.05, 4.69) is 38.1 Å². The van der Waals surface area contributed by atoms with Crippen molar-refractivity contribution in [3.8, 4) is 67.8 Å². The van der Waals surface area contributed by atoms with Gasteiger partial charge in [0.25, 0.3) is 0 Å². The molecule has 5 heteroatoms. The molecule has 0 spiro atoms. The molecule has 65 heavy (non-hydrogen) atoms. The maximum absolute atomic E-state index is 9.97. The molecule has 0 saturated heterocycles. The van der Waals surface area contributed by atoms with Crippen LogP contribution in [0.2, 0.25) is 0 Å². The highest BCUT2D eigenvalue weighted by Gasteiger charge is 2.36. The monoisotopic (exact) mass is 851 g/mol. The number of hydrogen-bond acceptors (Lipinski definition) is 3. The van der Waals surface area contributed by atoms with Crippen LogP contribution in [-0.4, -0.2) is 24.1 Å². The van der Waals surface area contributed by atoms with E-state index in [1.165, 1.54) is 11.1 Å². The Morgan fingerprint density at radius 1 is 0.400 bits per heavy atom. The van der Waals surface area contributed by atoms with E-state index in [0.717, 1.165) is 37.0 Å². The van der Waals surface area contributed by atoms with Gasteiger partial charge in [-0.05, 0) is 91.9 Å². The summed E-state index contributed by atoms with van der Waals surface area (Å²) < 4.78 is 183. The van der Waals surface area contributed by atoms with Gasteiger partial charge in [0, 0.05) is 32.5 Å². The summed E-state index contributed by atoms with van der Waals surface area (Å²) in [6.45, 7) is 4.40. The van der Waals surface area contributed by atoms with Crippen molar-refractivity contribution in [2.75, 3.05) is 0 Å². The van der Waals surface area contributed by atoms with Crippen molar-refractivity contribution in [3.63, 3.8) is 0 Å². The summed E-state index contributed by atoms with van der Waals surface area (Å²) in [4.78, 5) is 14.7. The van der Waals surface area contributed by atoms with Crippen LogP contribution in [0, 0.1) is 0 Å². The van der Waals surface area contributed by atoms with E-state index in [0.29, 0.717) is 5.56 Å². The van der Waals surface area contributed by atoms with Crippen LogP contribution >= 0.6 is 0 Å². The molecule has 13 rings (SSSR count). The van der Waals surface area contributed by atoms with Gasteiger partial charge < -0.3 is 0 Å². The quantitative estimate of drug-likeness (QED) is 0.167. The third-order valence-corrected chi connectivity index (χ3v) is 12.2. The fourth-order valence-electron chi connectivity index (χ4n) is 9.21. The minimum absolute atomic E-state index is 0.231. The first-order chi connectivity index (χ1) is 40.3. The average Bonchev–Trinajstić information content (AvgIpc) is 1.59. The Morgan fingerprint density at radius 2 is 0.908 bits per heavy atom. The second-order valence-corrected chi connectivity index (χ2v) is 16.1. The van der Waals surface area contributed by atoms with Crippen molar-refractivity contribution in [1.29, 1.82) is 0 Å². The summed E-state index contributed by atoms with van der Waals surface area (Å²) in [5.74, 6) is -1.38. The van der Waals surface area contributed by atoms with Gasteiger partial charge in [-0.15, -0.1) is 0 Å². The minimum Gasteiger partial charge on any atom is -0.278 e. The molecule has 3 aromatic heterocycles. The van der Waals surface area contributed by atoms with Gasteiger partial charge in [0.15, 0.2) is 5.82 Å².